The molecule has 2 aliphatic rings. The number of nitrogens with one attached hydrogen (secondary N) is 1. The van der Waals surface area contributed by atoms with Crippen LogP contribution >= 0.6 is 11.6 Å². The van der Waals surface area contributed by atoms with E-state index in [1.807, 2.05) is 12.1 Å². The number of anilines is 2. The smallest absolute Gasteiger partial charge is 0.262 e. The second-order valence-electron chi connectivity index (χ2n) is 7.00. The second kappa shape index (κ2) is 7.64. The van der Waals surface area contributed by atoms with E-state index < -0.39 is 17.7 Å². The average molecular weight is 398 g/mol. The lowest BCUT2D eigenvalue weighted by atomic mass is 10.1. The minimum absolute atomic E-state index is 0.324. The third kappa shape index (κ3) is 3.47. The van der Waals surface area contributed by atoms with Crippen LogP contribution in [-0.2, 0) is 4.79 Å². The molecule has 6 nitrogen and oxygen atoms in total. The van der Waals surface area contributed by atoms with Crippen molar-refractivity contribution in [3.8, 4) is 0 Å². The summed E-state index contributed by atoms with van der Waals surface area (Å²) < 4.78 is 0. The molecule has 0 spiro atoms. The minimum atomic E-state index is -0.466. The molecule has 1 N–H and O–H groups in total. The Balaban J connectivity index is 1.47. The van der Waals surface area contributed by atoms with Gasteiger partial charge in [-0.25, -0.2) is 0 Å². The topological polar surface area (TPSA) is 69.7 Å². The molecule has 0 aliphatic carbocycles. The van der Waals surface area contributed by atoms with Crippen molar-refractivity contribution in [2.45, 2.75) is 19.3 Å². The standard InChI is InChI=1S/C21H20ClN3O3/c22-17-9-8-14(24-10-4-1-5-11-24)12-18(17)23-19(26)13-25-20(27)15-6-2-3-7-16(15)21(25)28/h2-3,6-9,12H,1,4-5,10-11,13H2,(H,23,26). The van der Waals surface area contributed by atoms with Gasteiger partial charge in [-0.2, -0.15) is 0 Å². The van der Waals surface area contributed by atoms with E-state index in [2.05, 4.69) is 10.2 Å². The van der Waals surface area contributed by atoms with Gasteiger partial charge in [-0.3, -0.25) is 19.3 Å². The Morgan fingerprint density at radius 3 is 2.25 bits per heavy atom. The van der Waals surface area contributed by atoms with Crippen LogP contribution in [-0.4, -0.2) is 42.3 Å². The maximum atomic E-state index is 12.5. The number of carbonyl (C=O) groups excluding carboxylic acids is 3. The third-order valence-corrected chi connectivity index (χ3v) is 5.45. The number of imide groups is 1. The molecule has 4 rings (SSSR count). The van der Waals surface area contributed by atoms with Crippen molar-refractivity contribution in [3.63, 3.8) is 0 Å². The fourth-order valence-corrected chi connectivity index (χ4v) is 3.84. The van der Waals surface area contributed by atoms with E-state index >= 15 is 0 Å². The number of piperidine rings is 1. The highest BCUT2D eigenvalue weighted by molar-refractivity contribution is 6.34. The number of rotatable bonds is 4. The highest BCUT2D eigenvalue weighted by Crippen LogP contribution is 2.29. The summed E-state index contributed by atoms with van der Waals surface area (Å²) in [5.74, 6) is -1.37. The number of carbonyl (C=O) groups is 3. The Kier molecular flexibility index (Phi) is 5.05. The zero-order valence-corrected chi connectivity index (χ0v) is 16.0. The third-order valence-electron chi connectivity index (χ3n) is 5.13. The van der Waals surface area contributed by atoms with Crippen LogP contribution in [0.3, 0.4) is 0 Å². The van der Waals surface area contributed by atoms with Crippen molar-refractivity contribution in [2.24, 2.45) is 0 Å². The Bertz CT molecular complexity index is 919. The summed E-state index contributed by atoms with van der Waals surface area (Å²) in [5.41, 5.74) is 2.13. The average Bonchev–Trinajstić information content (AvgIpc) is 2.95. The van der Waals surface area contributed by atoms with Crippen LogP contribution in [0.15, 0.2) is 42.5 Å². The fourth-order valence-electron chi connectivity index (χ4n) is 3.67. The van der Waals surface area contributed by atoms with Crippen molar-refractivity contribution in [1.29, 1.82) is 0 Å². The van der Waals surface area contributed by atoms with Crippen LogP contribution in [0.25, 0.3) is 0 Å². The summed E-state index contributed by atoms with van der Waals surface area (Å²) in [6.07, 6.45) is 3.52. The van der Waals surface area contributed by atoms with Gasteiger partial charge in [-0.15, -0.1) is 0 Å². The predicted octanol–water partition coefficient (Wildman–Crippen LogP) is 3.57. The van der Waals surface area contributed by atoms with E-state index in [-0.39, 0.29) is 6.54 Å². The van der Waals surface area contributed by atoms with E-state index in [0.29, 0.717) is 21.8 Å². The molecule has 0 atom stereocenters. The van der Waals surface area contributed by atoms with Gasteiger partial charge < -0.3 is 10.2 Å². The molecule has 3 amide bonds. The molecule has 0 saturated carbocycles. The van der Waals surface area contributed by atoms with Gasteiger partial charge in [0.05, 0.1) is 21.8 Å². The predicted molar refractivity (Wildman–Crippen MR) is 108 cm³/mol. The summed E-state index contributed by atoms with van der Waals surface area (Å²) >= 11 is 6.25. The lowest BCUT2D eigenvalue weighted by Gasteiger charge is -2.29. The van der Waals surface area contributed by atoms with Crippen LogP contribution in [0.2, 0.25) is 5.02 Å². The number of halogens is 1. The molecular formula is C21H20ClN3O3. The van der Waals surface area contributed by atoms with Crippen molar-refractivity contribution >= 4 is 40.7 Å². The fraction of sp³-hybridized carbons (Fsp3) is 0.286. The molecule has 2 aliphatic heterocycles. The van der Waals surface area contributed by atoms with E-state index in [0.717, 1.165) is 36.5 Å². The number of nitrogens with zero attached hydrogens (tertiary/aromatic N) is 2. The molecule has 0 radical (unpaired) electrons. The van der Waals surface area contributed by atoms with Gasteiger partial charge in [0.15, 0.2) is 0 Å². The summed E-state index contributed by atoms with van der Waals surface area (Å²) in [7, 11) is 0. The number of amides is 3. The van der Waals surface area contributed by atoms with Crippen LogP contribution in [0, 0.1) is 0 Å². The number of hydrogen-bond donors (Lipinski definition) is 1. The zero-order chi connectivity index (χ0) is 19.7. The van der Waals surface area contributed by atoms with E-state index in [1.54, 1.807) is 30.3 Å². The van der Waals surface area contributed by atoms with Gasteiger partial charge in [0, 0.05) is 18.8 Å². The Morgan fingerprint density at radius 1 is 0.964 bits per heavy atom. The van der Waals surface area contributed by atoms with Gasteiger partial charge in [0.1, 0.15) is 6.54 Å². The first-order valence-corrected chi connectivity index (χ1v) is 9.72. The molecule has 2 heterocycles. The molecule has 7 heteroatoms. The molecule has 144 valence electrons. The molecule has 0 unspecified atom stereocenters. The summed E-state index contributed by atoms with van der Waals surface area (Å²) in [6, 6.07) is 12.1. The molecule has 1 saturated heterocycles. The van der Waals surface area contributed by atoms with Gasteiger partial charge in [-0.05, 0) is 49.6 Å². The van der Waals surface area contributed by atoms with Crippen molar-refractivity contribution in [1.82, 2.24) is 4.90 Å². The quantitative estimate of drug-likeness (QED) is 0.801. The maximum Gasteiger partial charge on any atom is 0.262 e. The second-order valence-corrected chi connectivity index (χ2v) is 7.41. The van der Waals surface area contributed by atoms with Crippen molar-refractivity contribution in [2.75, 3.05) is 29.9 Å². The van der Waals surface area contributed by atoms with E-state index in [1.165, 1.54) is 6.42 Å². The molecule has 1 fully saturated rings. The number of fused-ring (bicyclic) bond motifs is 1. The molecular weight excluding hydrogens is 378 g/mol. The molecule has 0 bridgehead atoms. The highest BCUT2D eigenvalue weighted by Gasteiger charge is 2.36. The van der Waals surface area contributed by atoms with Gasteiger partial charge in [0.25, 0.3) is 11.8 Å². The summed E-state index contributed by atoms with van der Waals surface area (Å²) in [4.78, 5) is 40.6. The van der Waals surface area contributed by atoms with Crippen LogP contribution < -0.4 is 10.2 Å². The Morgan fingerprint density at radius 2 is 1.61 bits per heavy atom. The van der Waals surface area contributed by atoms with Gasteiger partial charge >= 0.3 is 0 Å². The molecule has 0 aromatic heterocycles. The van der Waals surface area contributed by atoms with E-state index in [4.69, 9.17) is 11.6 Å². The lowest BCUT2D eigenvalue weighted by molar-refractivity contribution is -0.116. The number of benzene rings is 2. The molecule has 2 aromatic rings. The maximum absolute atomic E-state index is 12.5. The zero-order valence-electron chi connectivity index (χ0n) is 15.3. The van der Waals surface area contributed by atoms with Crippen LogP contribution in [0.5, 0.6) is 0 Å². The van der Waals surface area contributed by atoms with E-state index in [9.17, 15) is 14.4 Å². The lowest BCUT2D eigenvalue weighted by Crippen LogP contribution is -2.37. The van der Waals surface area contributed by atoms with Crippen molar-refractivity contribution in [3.05, 3.63) is 58.6 Å². The highest BCUT2D eigenvalue weighted by atomic mass is 35.5. The first-order valence-electron chi connectivity index (χ1n) is 9.34. The first kappa shape index (κ1) is 18.5. The summed E-state index contributed by atoms with van der Waals surface area (Å²) in [6.45, 7) is 1.60. The van der Waals surface area contributed by atoms with Crippen molar-refractivity contribution < 1.29 is 14.4 Å². The molecule has 28 heavy (non-hydrogen) atoms. The van der Waals surface area contributed by atoms with Gasteiger partial charge in [-0.1, -0.05) is 23.7 Å². The largest absolute Gasteiger partial charge is 0.371 e. The van der Waals surface area contributed by atoms with Crippen LogP contribution in [0.1, 0.15) is 40.0 Å². The number of hydrogen-bond acceptors (Lipinski definition) is 4. The molecule has 2 aromatic carbocycles. The van der Waals surface area contributed by atoms with Crippen LogP contribution in [0.4, 0.5) is 11.4 Å². The SMILES string of the molecule is O=C(CN1C(=O)c2ccccc2C1=O)Nc1cc(N2CCCCC2)ccc1Cl. The Labute approximate surface area is 168 Å². The van der Waals surface area contributed by atoms with Gasteiger partial charge in [0.2, 0.25) is 5.91 Å². The first-order chi connectivity index (χ1) is 13.5. The monoisotopic (exact) mass is 397 g/mol. The summed E-state index contributed by atoms with van der Waals surface area (Å²) in [5, 5.41) is 3.15. The Hall–Kier alpha value is -2.86. The normalized spacial score (nSPS) is 16.3. The minimum Gasteiger partial charge on any atom is -0.371 e.